The molecule has 3 aromatic heterocycles. The third-order valence-corrected chi connectivity index (χ3v) is 13.4. The minimum absolute atomic E-state index is 0.0668. The number of benzene rings is 1. The van der Waals surface area contributed by atoms with E-state index < -0.39 is 23.5 Å². The molecule has 0 unspecified atom stereocenters. The Morgan fingerprint density at radius 1 is 1.17 bits per heavy atom. The number of amides is 2. The van der Waals surface area contributed by atoms with Crippen molar-refractivity contribution in [2.75, 3.05) is 40.1 Å². The van der Waals surface area contributed by atoms with E-state index in [1.54, 1.807) is 13.3 Å². The Balaban J connectivity index is 1.24. The van der Waals surface area contributed by atoms with Crippen LogP contribution < -0.4 is 10.7 Å². The van der Waals surface area contributed by atoms with Gasteiger partial charge in [0, 0.05) is 78.2 Å². The number of hydrazine groups is 1. The summed E-state index contributed by atoms with van der Waals surface area (Å²) < 4.78 is 26.3. The average molecular weight is 813 g/mol. The predicted octanol–water partition coefficient (Wildman–Crippen LogP) is 5.89. The smallest absolute Gasteiger partial charge is 0.324 e. The number of nitrogens with one attached hydrogen (secondary N) is 2. The first-order valence-corrected chi connectivity index (χ1v) is 21.6. The summed E-state index contributed by atoms with van der Waals surface area (Å²) >= 11 is 1.48. The number of esters is 1. The first-order valence-electron chi connectivity index (χ1n) is 20.7. The SMILES string of the molecule is CO[C@@H](C)c1ncccc1-c1c2c3cc(ccc3n1CCO[C@@H]1CCOC1)-c1csc(n1)C[C@H](NC(=O)[C@H]1[C@H](C)[C@@H]1C)C(=O)N1CCC[C@H](N1)C(=O)OCC(C)(C)C2. The second-order valence-electron chi connectivity index (χ2n) is 17.3. The molecule has 3 fully saturated rings. The highest BCUT2D eigenvalue weighted by Gasteiger charge is 2.49. The summed E-state index contributed by atoms with van der Waals surface area (Å²) in [4.78, 5) is 51.3. The fourth-order valence-electron chi connectivity index (χ4n) is 8.83. The fraction of sp³-hybridized carbons (Fsp3) is 0.568. The normalized spacial score (nSPS) is 26.6. The second-order valence-corrected chi connectivity index (χ2v) is 18.2. The van der Waals surface area contributed by atoms with E-state index in [1.165, 1.54) is 16.3 Å². The molecule has 1 aromatic carbocycles. The van der Waals surface area contributed by atoms with Crippen molar-refractivity contribution in [1.82, 2.24) is 30.3 Å². The number of pyridine rings is 1. The third-order valence-electron chi connectivity index (χ3n) is 12.5. The van der Waals surface area contributed by atoms with Crippen molar-refractivity contribution in [2.45, 2.75) is 97.6 Å². The molecule has 6 bridgehead atoms. The molecular formula is C44H56N6O7S. The number of thiazole rings is 1. The van der Waals surface area contributed by atoms with E-state index in [9.17, 15) is 14.4 Å². The van der Waals surface area contributed by atoms with Crippen molar-refractivity contribution in [1.29, 1.82) is 0 Å². The van der Waals surface area contributed by atoms with Gasteiger partial charge in [-0.2, -0.15) is 0 Å². The molecule has 1 aliphatic carbocycles. The van der Waals surface area contributed by atoms with Gasteiger partial charge in [-0.05, 0) is 74.3 Å². The number of ether oxygens (including phenoxy) is 4. The number of cyclic esters (lactones) is 1. The van der Waals surface area contributed by atoms with Crippen LogP contribution in [0.2, 0.25) is 0 Å². The highest BCUT2D eigenvalue weighted by atomic mass is 32.1. The number of fused-ring (bicyclic) bond motifs is 6. The summed E-state index contributed by atoms with van der Waals surface area (Å²) in [6, 6.07) is 8.99. The van der Waals surface area contributed by atoms with E-state index in [4.69, 9.17) is 28.9 Å². The quantitative estimate of drug-likeness (QED) is 0.196. The van der Waals surface area contributed by atoms with Crippen molar-refractivity contribution >= 4 is 40.0 Å². The highest BCUT2D eigenvalue weighted by molar-refractivity contribution is 7.10. The van der Waals surface area contributed by atoms with Crippen molar-refractivity contribution in [2.24, 2.45) is 23.2 Å². The molecule has 7 atom stereocenters. The van der Waals surface area contributed by atoms with Gasteiger partial charge in [0.25, 0.3) is 5.91 Å². The highest BCUT2D eigenvalue weighted by Crippen LogP contribution is 2.46. The minimum Gasteiger partial charge on any atom is -0.464 e. The Bertz CT molecular complexity index is 2150. The van der Waals surface area contributed by atoms with E-state index >= 15 is 0 Å². The van der Waals surface area contributed by atoms with Crippen LogP contribution in [-0.4, -0.2) is 95.6 Å². The van der Waals surface area contributed by atoms with Crippen molar-refractivity contribution < 1.29 is 33.3 Å². The third kappa shape index (κ3) is 8.31. The van der Waals surface area contributed by atoms with Crippen LogP contribution in [0.4, 0.5) is 0 Å². The number of aromatic nitrogens is 3. The molecule has 2 amide bonds. The van der Waals surface area contributed by atoms with Crippen molar-refractivity contribution in [3.05, 3.63) is 58.2 Å². The lowest BCUT2D eigenvalue weighted by Gasteiger charge is -2.35. The summed E-state index contributed by atoms with van der Waals surface area (Å²) in [5.41, 5.74) is 9.39. The Morgan fingerprint density at radius 3 is 2.76 bits per heavy atom. The van der Waals surface area contributed by atoms with Crippen LogP contribution in [0.25, 0.3) is 33.4 Å². The van der Waals surface area contributed by atoms with Gasteiger partial charge < -0.3 is 28.8 Å². The van der Waals surface area contributed by atoms with Gasteiger partial charge in [0.05, 0.1) is 54.1 Å². The topological polar surface area (TPSA) is 146 Å². The van der Waals surface area contributed by atoms with Crippen LogP contribution >= 0.6 is 11.3 Å². The number of carbonyl (C=O) groups is 3. The van der Waals surface area contributed by atoms with Gasteiger partial charge in [-0.3, -0.25) is 24.4 Å². The fourth-order valence-corrected chi connectivity index (χ4v) is 9.68. The average Bonchev–Trinajstić information content (AvgIpc) is 3.71. The lowest BCUT2D eigenvalue weighted by atomic mass is 9.84. The number of carbonyl (C=O) groups excluding carboxylic acids is 3. The zero-order chi connectivity index (χ0) is 40.7. The maximum Gasteiger partial charge on any atom is 0.324 e. The van der Waals surface area contributed by atoms with E-state index in [-0.39, 0.29) is 54.8 Å². The van der Waals surface area contributed by atoms with Crippen LogP contribution in [-0.2, 0) is 52.7 Å². The molecule has 6 heterocycles. The molecular weight excluding hydrogens is 757 g/mol. The molecule has 4 aromatic rings. The van der Waals surface area contributed by atoms with Crippen LogP contribution in [0.3, 0.4) is 0 Å². The van der Waals surface area contributed by atoms with Gasteiger partial charge in [-0.1, -0.05) is 33.8 Å². The maximum absolute atomic E-state index is 14.2. The van der Waals surface area contributed by atoms with E-state index in [1.807, 2.05) is 18.4 Å². The number of nitrogens with zero attached hydrogens (tertiary/aromatic N) is 4. The van der Waals surface area contributed by atoms with Gasteiger partial charge in [-0.15, -0.1) is 11.3 Å². The van der Waals surface area contributed by atoms with E-state index in [0.717, 1.165) is 56.1 Å². The molecule has 58 heavy (non-hydrogen) atoms. The van der Waals surface area contributed by atoms with Gasteiger partial charge >= 0.3 is 5.97 Å². The van der Waals surface area contributed by atoms with Crippen molar-refractivity contribution in [3.63, 3.8) is 0 Å². The lowest BCUT2D eigenvalue weighted by molar-refractivity contribution is -0.155. The second kappa shape index (κ2) is 16.8. The Kier molecular flexibility index (Phi) is 11.8. The standard InChI is InChI=1S/C44H56N6O7S/c1-25-26(2)38(25)41(51)47-34-20-37-46-35(23-58-37)28-11-12-36-31(19-28)32(21-44(4,5)24-57-43(53)33-10-8-15-50(48-33)42(34)52)40(30-9-7-14-45-39(30)27(3)54-6)49(36)16-18-56-29-13-17-55-22-29/h7,9,11-12,14,19,23,25-27,29,33-34,38,48H,8,10,13,15-18,20-22,24H2,1-6H3,(H,47,51)/t25-,26+,27-,29+,33-,34-,38+/m0/s1. The predicted molar refractivity (Wildman–Crippen MR) is 221 cm³/mol. The summed E-state index contributed by atoms with van der Waals surface area (Å²) in [6.07, 6.45) is 4.45. The summed E-state index contributed by atoms with van der Waals surface area (Å²) in [5, 5.41) is 8.39. The monoisotopic (exact) mass is 812 g/mol. The largest absolute Gasteiger partial charge is 0.464 e. The molecule has 4 aliphatic rings. The van der Waals surface area contributed by atoms with Crippen LogP contribution in [0.15, 0.2) is 41.9 Å². The summed E-state index contributed by atoms with van der Waals surface area (Å²) in [5.74, 6) is -0.421. The molecule has 3 aliphatic heterocycles. The Labute approximate surface area is 344 Å². The molecule has 310 valence electrons. The lowest BCUT2D eigenvalue weighted by Crippen LogP contribution is -2.60. The molecule has 8 rings (SSSR count). The van der Waals surface area contributed by atoms with Crippen LogP contribution in [0.1, 0.15) is 76.3 Å². The van der Waals surface area contributed by atoms with Crippen LogP contribution in [0.5, 0.6) is 0 Å². The number of methoxy groups -OCH3 is 1. The van der Waals surface area contributed by atoms with E-state index in [2.05, 4.69) is 67.3 Å². The van der Waals surface area contributed by atoms with Crippen LogP contribution in [0, 0.1) is 23.2 Å². The zero-order valence-corrected chi connectivity index (χ0v) is 35.2. The molecule has 2 saturated heterocycles. The van der Waals surface area contributed by atoms with E-state index in [0.29, 0.717) is 52.2 Å². The molecule has 2 N–H and O–H groups in total. The van der Waals surface area contributed by atoms with Gasteiger partial charge in [0.1, 0.15) is 12.1 Å². The number of hydrogen-bond acceptors (Lipinski definition) is 11. The molecule has 1 saturated carbocycles. The summed E-state index contributed by atoms with van der Waals surface area (Å²) in [7, 11) is 1.70. The Morgan fingerprint density at radius 2 is 2.00 bits per heavy atom. The first kappa shape index (κ1) is 40.6. The zero-order valence-electron chi connectivity index (χ0n) is 34.4. The van der Waals surface area contributed by atoms with Gasteiger partial charge in [0.2, 0.25) is 5.91 Å². The maximum atomic E-state index is 14.2. The van der Waals surface area contributed by atoms with Crippen molar-refractivity contribution in [3.8, 4) is 22.5 Å². The molecule has 0 spiro atoms. The van der Waals surface area contributed by atoms with Gasteiger partial charge in [-0.25, -0.2) is 10.4 Å². The molecule has 13 nitrogen and oxygen atoms in total. The summed E-state index contributed by atoms with van der Waals surface area (Å²) in [6.45, 7) is 13.3. The van der Waals surface area contributed by atoms with Gasteiger partial charge in [0.15, 0.2) is 0 Å². The molecule has 14 heteroatoms. The molecule has 0 radical (unpaired) electrons. The number of rotatable bonds is 9. The Hall–Kier alpha value is -4.21. The first-order chi connectivity index (χ1) is 27.9. The number of hydrogen-bond donors (Lipinski definition) is 2. The minimum atomic E-state index is -0.849.